The van der Waals surface area contributed by atoms with Crippen LogP contribution in [0, 0.1) is 0 Å². The molecule has 1 aromatic rings. The highest BCUT2D eigenvalue weighted by molar-refractivity contribution is 5.87. The predicted octanol–water partition coefficient (Wildman–Crippen LogP) is 1.38. The van der Waals surface area contributed by atoms with E-state index in [-0.39, 0.29) is 0 Å². The van der Waals surface area contributed by atoms with Crippen LogP contribution in [-0.2, 0) is 22.1 Å². The van der Waals surface area contributed by atoms with Crippen LogP contribution in [0.1, 0.15) is 30.0 Å². The number of rotatable bonds is 3. The molecule has 0 atom stereocenters. The molecular formula is C11H14N2O3. The Morgan fingerprint density at radius 3 is 2.62 bits per heavy atom. The van der Waals surface area contributed by atoms with E-state index in [1.165, 1.54) is 13.2 Å². The summed E-state index contributed by atoms with van der Waals surface area (Å²) in [5, 5.41) is 0. The number of carbonyl (C=O) groups excluding carboxylic acids is 2. The number of carbonyl (C=O) groups is 1. The number of hydrogen-bond donors (Lipinski definition) is 0. The minimum absolute atomic E-state index is 0.417. The smallest absolute Gasteiger partial charge is 0.354 e. The van der Waals surface area contributed by atoms with Crippen molar-refractivity contribution in [1.82, 2.24) is 4.57 Å². The van der Waals surface area contributed by atoms with Gasteiger partial charge in [0.1, 0.15) is 11.2 Å². The molecule has 5 heteroatoms. The van der Waals surface area contributed by atoms with E-state index in [1.807, 2.05) is 0 Å². The fourth-order valence-electron chi connectivity index (χ4n) is 1.61. The Kier molecular flexibility index (Phi) is 3.30. The maximum absolute atomic E-state index is 11.4. The summed E-state index contributed by atoms with van der Waals surface area (Å²) >= 11 is 0. The largest absolute Gasteiger partial charge is 0.464 e. The molecule has 5 nitrogen and oxygen atoms in total. The molecule has 1 aromatic heterocycles. The molecule has 0 spiro atoms. The second-order valence-electron chi connectivity index (χ2n) is 3.92. The first-order chi connectivity index (χ1) is 7.44. The van der Waals surface area contributed by atoms with Crippen LogP contribution in [0.15, 0.2) is 17.1 Å². The van der Waals surface area contributed by atoms with Gasteiger partial charge >= 0.3 is 5.97 Å². The van der Waals surface area contributed by atoms with Gasteiger partial charge in [-0.05, 0) is 26.0 Å². The van der Waals surface area contributed by atoms with Gasteiger partial charge in [-0.2, -0.15) is 4.99 Å². The van der Waals surface area contributed by atoms with Crippen molar-refractivity contribution in [1.29, 1.82) is 0 Å². The Bertz CT molecular complexity index is 454. The molecule has 0 amide bonds. The first-order valence-electron chi connectivity index (χ1n) is 4.77. The van der Waals surface area contributed by atoms with Crippen LogP contribution in [0.4, 0.5) is 0 Å². The maximum Gasteiger partial charge on any atom is 0.354 e. The fraction of sp³-hybridized carbons (Fsp3) is 0.455. The third-order valence-electron chi connectivity index (χ3n) is 2.47. The second-order valence-corrected chi connectivity index (χ2v) is 3.92. The number of ether oxygens (including phenoxy) is 1. The number of hydrogen-bond acceptors (Lipinski definition) is 4. The predicted molar refractivity (Wildman–Crippen MR) is 57.9 cm³/mol. The molecule has 0 aliphatic rings. The van der Waals surface area contributed by atoms with Gasteiger partial charge in [0.05, 0.1) is 7.11 Å². The summed E-state index contributed by atoms with van der Waals surface area (Å²) in [6.45, 7) is 3.54. The Morgan fingerprint density at radius 1 is 1.50 bits per heavy atom. The summed E-state index contributed by atoms with van der Waals surface area (Å²) in [5.74, 6) is -0.417. The normalized spacial score (nSPS) is 10.8. The van der Waals surface area contributed by atoms with Crippen molar-refractivity contribution in [3.63, 3.8) is 0 Å². The molecule has 0 saturated heterocycles. The molecule has 0 unspecified atom stereocenters. The average molecular weight is 222 g/mol. The quantitative estimate of drug-likeness (QED) is 0.441. The highest BCUT2D eigenvalue weighted by atomic mass is 16.5. The van der Waals surface area contributed by atoms with Gasteiger partial charge in [0.15, 0.2) is 0 Å². The molecule has 0 aromatic carbocycles. The van der Waals surface area contributed by atoms with Crippen LogP contribution in [-0.4, -0.2) is 23.7 Å². The lowest BCUT2D eigenvalue weighted by Crippen LogP contribution is -2.20. The molecule has 16 heavy (non-hydrogen) atoms. The molecule has 1 rings (SSSR count). The third kappa shape index (κ3) is 2.04. The van der Waals surface area contributed by atoms with Crippen LogP contribution in [0.5, 0.6) is 0 Å². The average Bonchev–Trinajstić information content (AvgIpc) is 2.59. The zero-order valence-corrected chi connectivity index (χ0v) is 9.77. The number of aromatic nitrogens is 1. The van der Waals surface area contributed by atoms with Crippen molar-refractivity contribution in [2.24, 2.45) is 12.0 Å². The monoisotopic (exact) mass is 222 g/mol. The van der Waals surface area contributed by atoms with Gasteiger partial charge < -0.3 is 9.30 Å². The standard InChI is InChI=1S/C11H14N2O3/c1-11(2,12-7-14)9-6-5-8(13(9)3)10(15)16-4/h5-6H,1-4H3. The van der Waals surface area contributed by atoms with Crippen molar-refractivity contribution in [2.45, 2.75) is 19.4 Å². The lowest BCUT2D eigenvalue weighted by Gasteiger charge is -2.19. The molecule has 0 radical (unpaired) electrons. The highest BCUT2D eigenvalue weighted by Gasteiger charge is 2.25. The summed E-state index contributed by atoms with van der Waals surface area (Å²) in [6.07, 6.45) is 1.53. The van der Waals surface area contributed by atoms with Gasteiger partial charge in [0.25, 0.3) is 0 Å². The first kappa shape index (κ1) is 12.2. The number of methoxy groups -OCH3 is 1. The second kappa shape index (κ2) is 4.33. The Balaban J connectivity index is 3.24. The van der Waals surface area contributed by atoms with Crippen LogP contribution in [0.3, 0.4) is 0 Å². The molecule has 1 heterocycles. The molecule has 0 saturated carbocycles. The number of nitrogens with zero attached hydrogens (tertiary/aromatic N) is 2. The minimum Gasteiger partial charge on any atom is -0.464 e. The van der Waals surface area contributed by atoms with Crippen LogP contribution in [0.2, 0.25) is 0 Å². The van der Waals surface area contributed by atoms with E-state index >= 15 is 0 Å². The zero-order chi connectivity index (χ0) is 12.3. The Hall–Kier alpha value is -1.87. The summed E-state index contributed by atoms with van der Waals surface area (Å²) in [6, 6.07) is 3.39. The van der Waals surface area contributed by atoms with Crippen LogP contribution < -0.4 is 0 Å². The lowest BCUT2D eigenvalue weighted by molar-refractivity contribution is 0.0589. The van der Waals surface area contributed by atoms with Crippen molar-refractivity contribution < 1.29 is 14.3 Å². The van der Waals surface area contributed by atoms with Gasteiger partial charge in [0.2, 0.25) is 6.08 Å². The Morgan fingerprint density at radius 2 is 2.12 bits per heavy atom. The highest BCUT2D eigenvalue weighted by Crippen LogP contribution is 2.25. The van der Waals surface area contributed by atoms with Gasteiger partial charge in [-0.1, -0.05) is 0 Å². The molecule has 0 aliphatic carbocycles. The maximum atomic E-state index is 11.4. The zero-order valence-electron chi connectivity index (χ0n) is 9.77. The molecule has 0 aliphatic heterocycles. The SMILES string of the molecule is COC(=O)c1ccc(C(C)(C)N=C=O)n1C. The van der Waals surface area contributed by atoms with Crippen molar-refractivity contribution >= 4 is 12.0 Å². The van der Waals surface area contributed by atoms with Gasteiger partial charge in [-0.15, -0.1) is 0 Å². The minimum atomic E-state index is -0.706. The molecule has 0 fully saturated rings. The van der Waals surface area contributed by atoms with Gasteiger partial charge in [-0.3, -0.25) is 0 Å². The fourth-order valence-corrected chi connectivity index (χ4v) is 1.61. The Labute approximate surface area is 93.7 Å². The molecular weight excluding hydrogens is 208 g/mol. The van der Waals surface area contributed by atoms with E-state index in [2.05, 4.69) is 9.73 Å². The van der Waals surface area contributed by atoms with Crippen molar-refractivity contribution in [3.8, 4) is 0 Å². The van der Waals surface area contributed by atoms with Crippen LogP contribution in [0.25, 0.3) is 0 Å². The van der Waals surface area contributed by atoms with Gasteiger partial charge in [-0.25, -0.2) is 9.59 Å². The molecule has 0 N–H and O–H groups in total. The summed E-state index contributed by atoms with van der Waals surface area (Å²) in [4.78, 5) is 25.4. The summed E-state index contributed by atoms with van der Waals surface area (Å²) < 4.78 is 6.29. The van der Waals surface area contributed by atoms with E-state index in [0.717, 1.165) is 5.69 Å². The first-order valence-corrected chi connectivity index (χ1v) is 4.77. The third-order valence-corrected chi connectivity index (χ3v) is 2.47. The number of esters is 1. The van der Waals surface area contributed by atoms with E-state index < -0.39 is 11.5 Å². The molecule has 86 valence electrons. The number of isocyanates is 1. The molecule has 0 bridgehead atoms. The lowest BCUT2D eigenvalue weighted by atomic mass is 10.0. The van der Waals surface area contributed by atoms with E-state index in [1.54, 1.807) is 37.6 Å². The number of aliphatic imine (C=N–C) groups is 1. The van der Waals surface area contributed by atoms with Crippen molar-refractivity contribution in [3.05, 3.63) is 23.5 Å². The summed E-state index contributed by atoms with van der Waals surface area (Å²) in [5.41, 5.74) is 0.464. The summed E-state index contributed by atoms with van der Waals surface area (Å²) in [7, 11) is 3.05. The van der Waals surface area contributed by atoms with Gasteiger partial charge in [0, 0.05) is 12.7 Å². The van der Waals surface area contributed by atoms with E-state index in [9.17, 15) is 9.59 Å². The van der Waals surface area contributed by atoms with E-state index in [4.69, 9.17) is 0 Å². The van der Waals surface area contributed by atoms with E-state index in [0.29, 0.717) is 5.69 Å². The van der Waals surface area contributed by atoms with Crippen molar-refractivity contribution in [2.75, 3.05) is 7.11 Å². The topological polar surface area (TPSA) is 60.7 Å². The van der Waals surface area contributed by atoms with Crippen LogP contribution >= 0.6 is 0 Å².